The van der Waals surface area contributed by atoms with Gasteiger partial charge in [0.05, 0.1) is 13.2 Å². The molecular weight excluding hydrogens is 584 g/mol. The summed E-state index contributed by atoms with van der Waals surface area (Å²) in [6.45, 7) is 21.1. The molecule has 266 valence electrons. The number of carbonyl (C=O) groups excluding carboxylic acids is 3. The van der Waals surface area contributed by atoms with E-state index in [1.807, 2.05) is 59.3 Å². The Bertz CT molecular complexity index is 664. The van der Waals surface area contributed by atoms with E-state index in [-0.39, 0.29) is 29.8 Å². The zero-order valence-corrected chi connectivity index (χ0v) is 28.6. The SMILES string of the molecule is CCCC(=O)N/N=C(\C)OCC.CCCC(=O)NN.CCCC(=O)NN.CCOC(=O)O.CCOC(C)(OCC)OCC.[OH3+]. The van der Waals surface area contributed by atoms with Gasteiger partial charge in [0.25, 0.3) is 5.97 Å². The van der Waals surface area contributed by atoms with Crippen molar-refractivity contribution in [3.8, 4) is 0 Å². The van der Waals surface area contributed by atoms with Gasteiger partial charge in [-0.1, -0.05) is 20.8 Å². The molecular formula is C27H63N6O11+. The Morgan fingerprint density at radius 2 is 1.00 bits per heavy atom. The Labute approximate surface area is 263 Å². The molecule has 0 aromatic carbocycles. The van der Waals surface area contributed by atoms with Gasteiger partial charge in [0, 0.05) is 52.9 Å². The number of carbonyl (C=O) groups is 4. The van der Waals surface area contributed by atoms with Crippen molar-refractivity contribution < 1.29 is 53.4 Å². The molecule has 0 aliphatic carbocycles. The van der Waals surface area contributed by atoms with Crippen LogP contribution in [0, 0.1) is 0 Å². The number of nitrogens with one attached hydrogen (secondary N) is 3. The first-order valence-corrected chi connectivity index (χ1v) is 14.5. The summed E-state index contributed by atoms with van der Waals surface area (Å²) in [5.74, 6) is 8.89. The van der Waals surface area contributed by atoms with Gasteiger partial charge in [-0.25, -0.2) is 21.9 Å². The van der Waals surface area contributed by atoms with E-state index in [1.165, 1.54) is 0 Å². The minimum atomic E-state index is -1.21. The lowest BCUT2D eigenvalue weighted by Crippen LogP contribution is -2.35. The zero-order valence-electron chi connectivity index (χ0n) is 28.6. The molecule has 0 fully saturated rings. The molecule has 0 aliphatic heterocycles. The molecule has 0 saturated heterocycles. The molecule has 0 unspecified atom stereocenters. The lowest BCUT2D eigenvalue weighted by Gasteiger charge is -2.27. The Balaban J connectivity index is -0.000000105. The molecule has 0 aliphatic rings. The Morgan fingerprint density at radius 3 is 1.20 bits per heavy atom. The van der Waals surface area contributed by atoms with Crippen molar-refractivity contribution in [1.82, 2.24) is 16.3 Å². The fourth-order valence-electron chi connectivity index (χ4n) is 2.30. The van der Waals surface area contributed by atoms with Gasteiger partial charge in [0.1, 0.15) is 0 Å². The Kier molecular flexibility index (Phi) is 51.1. The van der Waals surface area contributed by atoms with Gasteiger partial charge in [-0.3, -0.25) is 25.2 Å². The molecule has 3 amide bonds. The van der Waals surface area contributed by atoms with Crippen molar-refractivity contribution in [3.63, 3.8) is 0 Å². The van der Waals surface area contributed by atoms with E-state index in [0.717, 1.165) is 19.3 Å². The minimum absolute atomic E-state index is 0. The van der Waals surface area contributed by atoms with Gasteiger partial charge in [0.15, 0.2) is 0 Å². The van der Waals surface area contributed by atoms with Crippen molar-refractivity contribution >= 4 is 29.8 Å². The van der Waals surface area contributed by atoms with Crippen LogP contribution in [-0.4, -0.2) is 73.9 Å². The van der Waals surface area contributed by atoms with E-state index >= 15 is 0 Å². The highest BCUT2D eigenvalue weighted by Crippen LogP contribution is 2.13. The number of nitrogens with two attached hydrogens (primary N) is 2. The quantitative estimate of drug-likeness (QED) is 0.0218. The van der Waals surface area contributed by atoms with Gasteiger partial charge in [-0.05, 0) is 53.9 Å². The van der Waals surface area contributed by atoms with Crippen LogP contribution in [0.4, 0.5) is 4.79 Å². The molecule has 0 aromatic rings. The number of rotatable bonds is 15. The summed E-state index contributed by atoms with van der Waals surface area (Å²) in [5.41, 5.74) is 6.45. The zero-order chi connectivity index (χ0) is 34.5. The van der Waals surface area contributed by atoms with E-state index in [2.05, 4.69) is 15.3 Å². The van der Waals surface area contributed by atoms with Crippen LogP contribution in [-0.2, 0) is 43.5 Å². The van der Waals surface area contributed by atoms with Crippen LogP contribution < -0.4 is 28.0 Å². The first-order valence-electron chi connectivity index (χ1n) is 14.5. The summed E-state index contributed by atoms with van der Waals surface area (Å²) >= 11 is 0. The molecule has 0 spiro atoms. The van der Waals surface area contributed by atoms with E-state index < -0.39 is 12.1 Å². The summed E-state index contributed by atoms with van der Waals surface area (Å²) in [5, 5.41) is 11.4. The summed E-state index contributed by atoms with van der Waals surface area (Å²) in [6, 6.07) is 0. The average molecular weight is 648 g/mol. The van der Waals surface area contributed by atoms with Crippen molar-refractivity contribution in [2.75, 3.05) is 33.0 Å². The molecule has 0 bridgehead atoms. The van der Waals surface area contributed by atoms with Gasteiger partial charge in [0.2, 0.25) is 23.6 Å². The Hall–Kier alpha value is -3.09. The third kappa shape index (κ3) is 51.6. The maximum absolute atomic E-state index is 10.9. The van der Waals surface area contributed by atoms with Gasteiger partial charge >= 0.3 is 6.16 Å². The van der Waals surface area contributed by atoms with E-state index in [0.29, 0.717) is 51.6 Å². The second-order valence-corrected chi connectivity index (χ2v) is 7.84. The molecule has 0 aromatic heterocycles. The number of hydrazine groups is 2. The standard InChI is InChI=1S/C8H16N2O2.C8H18O3.2C4H10N2O.C3H6O3.H2O/c1-4-6-8(11)10-9-7(3)12-5-2;1-5-9-8(4,10-6-2)11-7-3;2*1-2-3-4(7)6-5;1-2-6-3(4)5;/h4-6H2,1-3H3,(H,10,11);5-7H2,1-4H3;2*2-3,5H2,1H3,(H,6,7);2H2,1H3,(H,4,5);1H2/p+1/b9-7+;;;;;. The predicted molar refractivity (Wildman–Crippen MR) is 170 cm³/mol. The molecule has 44 heavy (non-hydrogen) atoms. The lowest BCUT2D eigenvalue weighted by atomic mass is 10.3. The van der Waals surface area contributed by atoms with E-state index in [1.54, 1.807) is 20.8 Å². The van der Waals surface area contributed by atoms with Gasteiger partial charge in [-0.15, -0.1) is 5.10 Å². The molecule has 17 nitrogen and oxygen atoms in total. The smallest absolute Gasteiger partial charge is 0.480 e. The van der Waals surface area contributed by atoms with Crippen LogP contribution in [0.25, 0.3) is 0 Å². The normalized spacial score (nSPS) is 9.68. The third-order valence-electron chi connectivity index (χ3n) is 3.93. The number of hydrazone groups is 1. The monoisotopic (exact) mass is 647 g/mol. The predicted octanol–water partition coefficient (Wildman–Crippen LogP) is 2.37. The van der Waals surface area contributed by atoms with Crippen LogP contribution >= 0.6 is 0 Å². The number of hydrogen-bond donors (Lipinski definition) is 6. The molecule has 0 heterocycles. The largest absolute Gasteiger partial charge is 0.505 e. The maximum Gasteiger partial charge on any atom is 0.505 e. The summed E-state index contributed by atoms with van der Waals surface area (Å²) in [6.07, 6.45) is 2.87. The molecule has 0 saturated carbocycles. The highest BCUT2D eigenvalue weighted by Gasteiger charge is 2.24. The lowest BCUT2D eigenvalue weighted by molar-refractivity contribution is -0.365. The van der Waals surface area contributed by atoms with Crippen molar-refractivity contribution in [2.45, 2.75) is 114 Å². The van der Waals surface area contributed by atoms with E-state index in [4.69, 9.17) is 35.7 Å². The highest BCUT2D eigenvalue weighted by atomic mass is 16.9. The summed E-state index contributed by atoms with van der Waals surface area (Å²) in [7, 11) is 0. The van der Waals surface area contributed by atoms with Crippen molar-refractivity contribution in [3.05, 3.63) is 0 Å². The molecule has 0 atom stereocenters. The van der Waals surface area contributed by atoms with Gasteiger partial charge in [-0.2, -0.15) is 0 Å². The fraction of sp³-hybridized carbons (Fsp3) is 0.815. The second-order valence-electron chi connectivity index (χ2n) is 7.84. The van der Waals surface area contributed by atoms with Crippen LogP contribution in [0.1, 0.15) is 108 Å². The number of amides is 3. The second kappa shape index (κ2) is 42.0. The number of hydrogen-bond acceptors (Lipinski definition) is 12. The minimum Gasteiger partial charge on any atom is -0.480 e. The summed E-state index contributed by atoms with van der Waals surface area (Å²) in [4.78, 5) is 40.6. The van der Waals surface area contributed by atoms with Crippen molar-refractivity contribution in [2.24, 2.45) is 16.8 Å². The highest BCUT2D eigenvalue weighted by molar-refractivity contribution is 5.79. The topological polar surface area (TPSA) is 268 Å². The van der Waals surface area contributed by atoms with Crippen LogP contribution in [0.15, 0.2) is 5.10 Å². The number of ether oxygens (including phenoxy) is 5. The average Bonchev–Trinajstić information content (AvgIpc) is 2.94. The third-order valence-corrected chi connectivity index (χ3v) is 3.93. The molecule has 0 radical (unpaired) electrons. The summed E-state index contributed by atoms with van der Waals surface area (Å²) < 4.78 is 24.8. The maximum atomic E-state index is 10.9. The van der Waals surface area contributed by atoms with Crippen LogP contribution in [0.3, 0.4) is 0 Å². The number of carboxylic acid groups (broad SMARTS) is 1. The van der Waals surface area contributed by atoms with Gasteiger partial charge < -0.3 is 34.3 Å². The number of nitrogens with zero attached hydrogens (tertiary/aromatic N) is 1. The molecule has 0 rings (SSSR count). The Morgan fingerprint density at radius 1 is 0.659 bits per heavy atom. The first-order chi connectivity index (χ1) is 20.3. The molecule has 17 heteroatoms. The fourth-order valence-corrected chi connectivity index (χ4v) is 2.30. The first kappa shape index (κ1) is 53.5. The van der Waals surface area contributed by atoms with E-state index in [9.17, 15) is 19.2 Å². The van der Waals surface area contributed by atoms with Crippen LogP contribution in [0.5, 0.6) is 0 Å². The van der Waals surface area contributed by atoms with Crippen molar-refractivity contribution in [1.29, 1.82) is 0 Å². The molecule has 11 N–H and O–H groups in total. The van der Waals surface area contributed by atoms with Crippen LogP contribution in [0.2, 0.25) is 0 Å².